The molecule has 0 bridgehead atoms. The summed E-state index contributed by atoms with van der Waals surface area (Å²) in [7, 11) is 1.51. The van der Waals surface area contributed by atoms with Gasteiger partial charge in [-0.05, 0) is 48.5 Å². The molecule has 3 amide bonds. The number of amides is 3. The average Bonchev–Trinajstić information content (AvgIpc) is 2.71. The van der Waals surface area contributed by atoms with Crippen LogP contribution in [0.3, 0.4) is 0 Å². The van der Waals surface area contributed by atoms with Crippen LogP contribution in [0.1, 0.15) is 20.7 Å². The first-order chi connectivity index (χ1) is 13.4. The van der Waals surface area contributed by atoms with E-state index in [9.17, 15) is 23.6 Å². The highest BCUT2D eigenvalue weighted by Gasteiger charge is 2.11. The lowest BCUT2D eigenvalue weighted by molar-refractivity contribution is -0.146. The number of nitrogens with one attached hydrogen (secondary N) is 3. The van der Waals surface area contributed by atoms with Gasteiger partial charge in [0.1, 0.15) is 12.4 Å². The molecular formula is C19H18FN3O5. The fourth-order valence-corrected chi connectivity index (χ4v) is 2.10. The summed E-state index contributed by atoms with van der Waals surface area (Å²) in [6, 6.07) is 10.9. The highest BCUT2D eigenvalue weighted by Crippen LogP contribution is 2.09. The number of benzene rings is 2. The van der Waals surface area contributed by atoms with E-state index in [1.165, 1.54) is 43.4 Å². The van der Waals surface area contributed by atoms with Crippen LogP contribution in [0.15, 0.2) is 48.5 Å². The number of anilines is 1. The largest absolute Gasteiger partial charge is 0.454 e. The van der Waals surface area contributed by atoms with Gasteiger partial charge in [-0.25, -0.2) is 4.39 Å². The van der Waals surface area contributed by atoms with E-state index in [0.29, 0.717) is 11.3 Å². The molecule has 2 aromatic carbocycles. The Morgan fingerprint density at radius 2 is 1.46 bits per heavy atom. The number of ether oxygens (including phenoxy) is 1. The minimum atomic E-state index is -0.805. The van der Waals surface area contributed by atoms with Gasteiger partial charge >= 0.3 is 5.97 Å². The van der Waals surface area contributed by atoms with Crippen LogP contribution in [-0.2, 0) is 14.3 Å². The smallest absolute Gasteiger partial charge is 0.325 e. The lowest BCUT2D eigenvalue weighted by Crippen LogP contribution is -2.32. The molecule has 0 saturated carbocycles. The Hall–Kier alpha value is -3.75. The van der Waals surface area contributed by atoms with Crippen LogP contribution in [0.4, 0.5) is 10.1 Å². The highest BCUT2D eigenvalue weighted by molar-refractivity contribution is 5.97. The molecular weight excluding hydrogens is 369 g/mol. The van der Waals surface area contributed by atoms with Crippen molar-refractivity contribution in [3.05, 3.63) is 65.5 Å². The third kappa shape index (κ3) is 6.20. The summed E-state index contributed by atoms with van der Waals surface area (Å²) < 4.78 is 17.6. The number of hydrogen-bond acceptors (Lipinski definition) is 5. The number of halogens is 1. The Kier molecular flexibility index (Phi) is 7.21. The number of esters is 1. The van der Waals surface area contributed by atoms with Crippen molar-refractivity contribution in [1.82, 2.24) is 10.6 Å². The highest BCUT2D eigenvalue weighted by atomic mass is 19.1. The number of rotatable bonds is 7. The Morgan fingerprint density at radius 3 is 2.07 bits per heavy atom. The zero-order chi connectivity index (χ0) is 20.5. The lowest BCUT2D eigenvalue weighted by atomic mass is 10.2. The molecule has 9 heteroatoms. The molecule has 0 aliphatic carbocycles. The van der Waals surface area contributed by atoms with Crippen molar-refractivity contribution < 1.29 is 28.3 Å². The Bertz CT molecular complexity index is 866. The topological polar surface area (TPSA) is 114 Å². The number of hydrogen-bond donors (Lipinski definition) is 3. The molecule has 0 aliphatic rings. The van der Waals surface area contributed by atoms with E-state index < -0.39 is 36.8 Å². The molecule has 2 aromatic rings. The predicted molar refractivity (Wildman–Crippen MR) is 98.2 cm³/mol. The molecule has 0 aliphatic heterocycles. The Morgan fingerprint density at radius 1 is 0.893 bits per heavy atom. The van der Waals surface area contributed by atoms with Crippen molar-refractivity contribution in [2.24, 2.45) is 0 Å². The average molecular weight is 387 g/mol. The van der Waals surface area contributed by atoms with E-state index in [-0.39, 0.29) is 11.5 Å². The van der Waals surface area contributed by atoms with Crippen molar-refractivity contribution in [3.8, 4) is 0 Å². The summed E-state index contributed by atoms with van der Waals surface area (Å²) >= 11 is 0. The summed E-state index contributed by atoms with van der Waals surface area (Å²) in [5.41, 5.74) is 1.05. The first-order valence-corrected chi connectivity index (χ1v) is 8.20. The van der Waals surface area contributed by atoms with Gasteiger partial charge in [0.15, 0.2) is 6.61 Å². The summed E-state index contributed by atoms with van der Waals surface area (Å²) in [6.45, 7) is -0.979. The minimum Gasteiger partial charge on any atom is -0.454 e. The van der Waals surface area contributed by atoms with Crippen LogP contribution in [0.2, 0.25) is 0 Å². The number of carbonyl (C=O) groups excluding carboxylic acids is 4. The third-order valence-electron chi connectivity index (χ3n) is 3.52. The SMILES string of the molecule is CNC(=O)c1ccc(NC(=O)COC(=O)CNC(=O)c2ccc(F)cc2)cc1. The Labute approximate surface area is 160 Å². The van der Waals surface area contributed by atoms with Crippen LogP contribution in [0, 0.1) is 5.82 Å². The Balaban J connectivity index is 1.73. The van der Waals surface area contributed by atoms with Crippen LogP contribution in [-0.4, -0.2) is 43.9 Å². The van der Waals surface area contributed by atoms with Gasteiger partial charge in [-0.1, -0.05) is 0 Å². The van der Waals surface area contributed by atoms with Gasteiger partial charge in [0.05, 0.1) is 0 Å². The molecule has 2 rings (SSSR count). The molecule has 0 radical (unpaired) electrons. The molecule has 0 saturated heterocycles. The van der Waals surface area contributed by atoms with Gasteiger partial charge in [0, 0.05) is 23.9 Å². The van der Waals surface area contributed by atoms with Gasteiger partial charge in [0.25, 0.3) is 17.7 Å². The molecule has 28 heavy (non-hydrogen) atoms. The fraction of sp³-hybridized carbons (Fsp3) is 0.158. The standard InChI is InChI=1S/C19H18FN3O5/c1-21-18(26)12-4-8-15(9-5-12)23-16(24)11-28-17(25)10-22-19(27)13-2-6-14(20)7-3-13/h2-9H,10-11H2,1H3,(H,21,26)(H,22,27)(H,23,24). The van der Waals surface area contributed by atoms with E-state index in [1.807, 2.05) is 0 Å². The molecule has 3 N–H and O–H groups in total. The quantitative estimate of drug-likeness (QED) is 0.616. The first-order valence-electron chi connectivity index (χ1n) is 8.20. The monoisotopic (exact) mass is 387 g/mol. The van der Waals surface area contributed by atoms with Crippen LogP contribution in [0.25, 0.3) is 0 Å². The zero-order valence-electron chi connectivity index (χ0n) is 15.0. The van der Waals surface area contributed by atoms with Gasteiger partial charge in [-0.15, -0.1) is 0 Å². The second kappa shape index (κ2) is 9.81. The van der Waals surface area contributed by atoms with Crippen LogP contribution < -0.4 is 16.0 Å². The van der Waals surface area contributed by atoms with Crippen molar-refractivity contribution in [1.29, 1.82) is 0 Å². The minimum absolute atomic E-state index is 0.187. The zero-order valence-corrected chi connectivity index (χ0v) is 15.0. The van der Waals surface area contributed by atoms with Gasteiger partial charge in [-0.3, -0.25) is 19.2 Å². The maximum atomic E-state index is 12.8. The molecule has 0 unspecified atom stereocenters. The maximum Gasteiger partial charge on any atom is 0.325 e. The third-order valence-corrected chi connectivity index (χ3v) is 3.52. The van der Waals surface area contributed by atoms with Gasteiger partial charge in [0.2, 0.25) is 0 Å². The van der Waals surface area contributed by atoms with Gasteiger partial charge < -0.3 is 20.7 Å². The molecule has 146 valence electrons. The predicted octanol–water partition coefficient (Wildman–Crippen LogP) is 1.10. The molecule has 0 fully saturated rings. The van der Waals surface area contributed by atoms with Gasteiger partial charge in [-0.2, -0.15) is 0 Å². The van der Waals surface area contributed by atoms with E-state index in [0.717, 1.165) is 12.1 Å². The fourth-order valence-electron chi connectivity index (χ4n) is 2.10. The first kappa shape index (κ1) is 20.6. The van der Waals surface area contributed by atoms with Crippen molar-refractivity contribution in [2.75, 3.05) is 25.5 Å². The molecule has 0 spiro atoms. The second-order valence-electron chi connectivity index (χ2n) is 5.55. The van der Waals surface area contributed by atoms with Crippen molar-refractivity contribution in [3.63, 3.8) is 0 Å². The van der Waals surface area contributed by atoms with Crippen LogP contribution >= 0.6 is 0 Å². The summed E-state index contributed by atoms with van der Waals surface area (Å²) in [5.74, 6) is -2.69. The normalized spacial score (nSPS) is 9.93. The summed E-state index contributed by atoms with van der Waals surface area (Å²) in [6.07, 6.45) is 0. The van der Waals surface area contributed by atoms with E-state index in [2.05, 4.69) is 16.0 Å². The molecule has 0 atom stereocenters. The van der Waals surface area contributed by atoms with E-state index in [4.69, 9.17) is 4.74 Å². The van der Waals surface area contributed by atoms with Crippen molar-refractivity contribution in [2.45, 2.75) is 0 Å². The summed E-state index contributed by atoms with van der Waals surface area (Å²) in [5, 5.41) is 7.29. The van der Waals surface area contributed by atoms with E-state index in [1.54, 1.807) is 0 Å². The molecule has 8 nitrogen and oxygen atoms in total. The summed E-state index contributed by atoms with van der Waals surface area (Å²) in [4.78, 5) is 46.6. The lowest BCUT2D eigenvalue weighted by Gasteiger charge is -2.08. The van der Waals surface area contributed by atoms with Crippen LogP contribution in [0.5, 0.6) is 0 Å². The molecule has 0 heterocycles. The van der Waals surface area contributed by atoms with E-state index >= 15 is 0 Å². The number of carbonyl (C=O) groups is 4. The molecule has 0 aromatic heterocycles. The maximum absolute atomic E-state index is 12.8. The second-order valence-corrected chi connectivity index (χ2v) is 5.55. The van der Waals surface area contributed by atoms with Crippen molar-refractivity contribution >= 4 is 29.4 Å².